The maximum atomic E-state index is 10.6. The van der Waals surface area contributed by atoms with Gasteiger partial charge in [-0.2, -0.15) is 0 Å². The van der Waals surface area contributed by atoms with E-state index in [9.17, 15) is 4.79 Å². The molecule has 2 N–H and O–H groups in total. The van der Waals surface area contributed by atoms with Crippen molar-refractivity contribution >= 4 is 22.8 Å². The van der Waals surface area contributed by atoms with E-state index >= 15 is 0 Å². The molecule has 0 spiro atoms. The summed E-state index contributed by atoms with van der Waals surface area (Å²) >= 11 is 0. The summed E-state index contributed by atoms with van der Waals surface area (Å²) in [5.74, 6) is 0.611. The number of aromatic nitrogens is 3. The van der Waals surface area contributed by atoms with Gasteiger partial charge < -0.3 is 15.0 Å². The molecule has 0 unspecified atom stereocenters. The van der Waals surface area contributed by atoms with Gasteiger partial charge in [0, 0.05) is 19.8 Å². The summed E-state index contributed by atoms with van der Waals surface area (Å²) in [5.41, 5.74) is 0.773. The molecular formula is C11H14N4O2. The molecule has 0 aliphatic heterocycles. The summed E-state index contributed by atoms with van der Waals surface area (Å²) in [7, 11) is 1.83. The van der Waals surface area contributed by atoms with Crippen LogP contribution in [0, 0.1) is 6.92 Å². The van der Waals surface area contributed by atoms with E-state index in [2.05, 4.69) is 15.0 Å². The van der Waals surface area contributed by atoms with Gasteiger partial charge in [0.2, 0.25) is 0 Å². The van der Waals surface area contributed by atoms with Crippen molar-refractivity contribution in [2.24, 2.45) is 0 Å². The van der Waals surface area contributed by atoms with Crippen molar-refractivity contribution in [3.63, 3.8) is 0 Å². The van der Waals surface area contributed by atoms with Crippen molar-refractivity contribution in [3.8, 4) is 0 Å². The van der Waals surface area contributed by atoms with E-state index in [1.54, 1.807) is 6.20 Å². The van der Waals surface area contributed by atoms with Gasteiger partial charge in [-0.1, -0.05) is 0 Å². The highest BCUT2D eigenvalue weighted by Gasteiger charge is 2.11. The Kier molecular flexibility index (Phi) is 2.95. The zero-order valence-electron chi connectivity index (χ0n) is 9.77. The number of hydrogen-bond donors (Lipinski definition) is 2. The molecule has 90 valence electrons. The summed E-state index contributed by atoms with van der Waals surface area (Å²) in [6.07, 6.45) is 1.89. The average Bonchev–Trinajstić information content (AvgIpc) is 2.72. The summed E-state index contributed by atoms with van der Waals surface area (Å²) in [4.78, 5) is 24.0. The Labute approximate surface area is 98.3 Å². The summed E-state index contributed by atoms with van der Waals surface area (Å²) in [5, 5.41) is 9.58. The highest BCUT2D eigenvalue weighted by atomic mass is 16.4. The number of fused-ring (bicyclic) bond motifs is 1. The third kappa shape index (κ3) is 2.35. The number of H-pyrrole nitrogens is 1. The first-order valence-corrected chi connectivity index (χ1v) is 5.32. The number of rotatable bonds is 4. The van der Waals surface area contributed by atoms with Crippen LogP contribution in [0.5, 0.6) is 0 Å². The topological polar surface area (TPSA) is 82.1 Å². The number of anilines is 1. The zero-order chi connectivity index (χ0) is 12.4. The molecule has 2 rings (SSSR count). The molecule has 2 aromatic heterocycles. The number of aromatic amines is 1. The Morgan fingerprint density at radius 2 is 2.29 bits per heavy atom. The zero-order valence-corrected chi connectivity index (χ0v) is 9.77. The second-order valence-electron chi connectivity index (χ2n) is 3.90. The van der Waals surface area contributed by atoms with E-state index < -0.39 is 5.97 Å². The number of carbonyl (C=O) groups is 1. The van der Waals surface area contributed by atoms with Gasteiger partial charge in [-0.3, -0.25) is 4.79 Å². The van der Waals surface area contributed by atoms with Crippen molar-refractivity contribution in [1.82, 2.24) is 15.0 Å². The Balaban J connectivity index is 2.33. The summed E-state index contributed by atoms with van der Waals surface area (Å²) in [6.45, 7) is 2.24. The molecule has 0 radical (unpaired) electrons. The number of aliphatic carboxylic acids is 1. The van der Waals surface area contributed by atoms with Gasteiger partial charge in [-0.25, -0.2) is 9.97 Å². The van der Waals surface area contributed by atoms with Crippen LogP contribution in [0.2, 0.25) is 0 Å². The van der Waals surface area contributed by atoms with Gasteiger partial charge in [0.15, 0.2) is 0 Å². The number of carboxylic acids is 1. The fourth-order valence-electron chi connectivity index (χ4n) is 1.69. The van der Waals surface area contributed by atoms with Crippen molar-refractivity contribution in [1.29, 1.82) is 0 Å². The van der Waals surface area contributed by atoms with Crippen LogP contribution in [0.1, 0.15) is 12.2 Å². The van der Waals surface area contributed by atoms with E-state index in [0.717, 1.165) is 16.9 Å². The van der Waals surface area contributed by atoms with Gasteiger partial charge in [0.1, 0.15) is 17.3 Å². The molecule has 6 nitrogen and oxygen atoms in total. The SMILES string of the molecule is Cc1nc(N(C)CCC(=O)O)c2cc[nH]c2n1. The number of aryl methyl sites for hydroxylation is 1. The van der Waals surface area contributed by atoms with Crippen molar-refractivity contribution in [2.45, 2.75) is 13.3 Å². The lowest BCUT2D eigenvalue weighted by Crippen LogP contribution is -2.22. The standard InChI is InChI=1S/C11H14N4O2/c1-7-13-10-8(3-5-12-10)11(14-7)15(2)6-4-9(16)17/h3,5H,4,6H2,1-2H3,(H,16,17)(H,12,13,14). The molecule has 2 aromatic rings. The van der Waals surface area contributed by atoms with Gasteiger partial charge in [-0.15, -0.1) is 0 Å². The average molecular weight is 234 g/mol. The van der Waals surface area contributed by atoms with Crippen LogP contribution in [0.3, 0.4) is 0 Å². The van der Waals surface area contributed by atoms with Gasteiger partial charge in [0.05, 0.1) is 11.8 Å². The van der Waals surface area contributed by atoms with Gasteiger partial charge >= 0.3 is 5.97 Å². The van der Waals surface area contributed by atoms with Gasteiger partial charge in [-0.05, 0) is 13.0 Å². The molecule has 0 aromatic carbocycles. The van der Waals surface area contributed by atoms with Crippen LogP contribution in [0.4, 0.5) is 5.82 Å². The predicted molar refractivity (Wildman–Crippen MR) is 64.1 cm³/mol. The highest BCUT2D eigenvalue weighted by molar-refractivity contribution is 5.87. The third-order valence-corrected chi connectivity index (χ3v) is 2.53. The first kappa shape index (κ1) is 11.4. The van der Waals surface area contributed by atoms with Crippen LogP contribution in [0.25, 0.3) is 11.0 Å². The van der Waals surface area contributed by atoms with Crippen LogP contribution in [0.15, 0.2) is 12.3 Å². The lowest BCUT2D eigenvalue weighted by atomic mass is 10.3. The van der Waals surface area contributed by atoms with E-state index in [-0.39, 0.29) is 6.42 Å². The largest absolute Gasteiger partial charge is 0.481 e. The molecule has 0 saturated heterocycles. The quantitative estimate of drug-likeness (QED) is 0.830. The van der Waals surface area contributed by atoms with E-state index in [0.29, 0.717) is 12.4 Å². The normalized spacial score (nSPS) is 10.7. The second kappa shape index (κ2) is 4.40. The highest BCUT2D eigenvalue weighted by Crippen LogP contribution is 2.22. The molecule has 0 atom stereocenters. The number of hydrogen-bond acceptors (Lipinski definition) is 4. The van der Waals surface area contributed by atoms with Crippen LogP contribution < -0.4 is 4.90 Å². The third-order valence-electron chi connectivity index (χ3n) is 2.53. The molecule has 0 fully saturated rings. The van der Waals surface area contributed by atoms with Gasteiger partial charge in [0.25, 0.3) is 0 Å². The molecule has 0 aliphatic rings. The van der Waals surface area contributed by atoms with Crippen LogP contribution in [-0.2, 0) is 4.79 Å². The minimum absolute atomic E-state index is 0.0888. The molecule has 0 aliphatic carbocycles. The Hall–Kier alpha value is -2.11. The monoisotopic (exact) mass is 234 g/mol. The van der Waals surface area contributed by atoms with E-state index in [4.69, 9.17) is 5.11 Å². The molecular weight excluding hydrogens is 220 g/mol. The van der Waals surface area contributed by atoms with Crippen molar-refractivity contribution in [2.75, 3.05) is 18.5 Å². The molecule has 6 heteroatoms. The first-order chi connectivity index (χ1) is 8.08. The number of nitrogens with one attached hydrogen (secondary N) is 1. The Bertz CT molecular complexity index is 549. The Morgan fingerprint density at radius 1 is 1.53 bits per heavy atom. The lowest BCUT2D eigenvalue weighted by molar-refractivity contribution is -0.136. The molecule has 0 bridgehead atoms. The fraction of sp³-hybridized carbons (Fsp3) is 0.364. The van der Waals surface area contributed by atoms with E-state index in [1.165, 1.54) is 0 Å². The molecule has 2 heterocycles. The summed E-state index contributed by atoms with van der Waals surface area (Å²) < 4.78 is 0. The summed E-state index contributed by atoms with van der Waals surface area (Å²) in [6, 6.07) is 1.89. The van der Waals surface area contributed by atoms with Crippen molar-refractivity contribution < 1.29 is 9.90 Å². The molecule has 0 saturated carbocycles. The van der Waals surface area contributed by atoms with Crippen LogP contribution >= 0.6 is 0 Å². The van der Waals surface area contributed by atoms with Crippen molar-refractivity contribution in [3.05, 3.63) is 18.1 Å². The number of carboxylic acid groups (broad SMARTS) is 1. The molecule has 17 heavy (non-hydrogen) atoms. The maximum absolute atomic E-state index is 10.6. The molecule has 0 amide bonds. The number of nitrogens with zero attached hydrogens (tertiary/aromatic N) is 3. The maximum Gasteiger partial charge on any atom is 0.305 e. The lowest BCUT2D eigenvalue weighted by Gasteiger charge is -2.18. The van der Waals surface area contributed by atoms with E-state index in [1.807, 2.05) is 24.9 Å². The Morgan fingerprint density at radius 3 is 3.00 bits per heavy atom. The van der Waals surface area contributed by atoms with Crippen LogP contribution in [-0.4, -0.2) is 39.6 Å². The minimum atomic E-state index is -0.812. The second-order valence-corrected chi connectivity index (χ2v) is 3.90. The predicted octanol–water partition coefficient (Wildman–Crippen LogP) is 1.18. The smallest absolute Gasteiger partial charge is 0.305 e. The fourth-order valence-corrected chi connectivity index (χ4v) is 1.69. The minimum Gasteiger partial charge on any atom is -0.481 e. The first-order valence-electron chi connectivity index (χ1n) is 5.32.